The van der Waals surface area contributed by atoms with Gasteiger partial charge in [0.05, 0.1) is 5.57 Å². The molecule has 2 nitrogen and oxygen atoms in total. The minimum Gasteiger partial charge on any atom is -0.512 e. The quantitative estimate of drug-likeness (QED) is 0.560. The molecule has 2 aromatic rings. The number of halogens is 2. The summed E-state index contributed by atoms with van der Waals surface area (Å²) in [7, 11) is 0. The van der Waals surface area contributed by atoms with Crippen molar-refractivity contribution in [2.24, 2.45) is 11.8 Å². The average Bonchev–Trinajstić information content (AvgIpc) is 2.63. The van der Waals surface area contributed by atoms with E-state index in [1.807, 2.05) is 39.8 Å². The molecule has 0 heterocycles. The normalized spacial score (nSPS) is 18.3. The van der Waals surface area contributed by atoms with Crippen LogP contribution in [0.4, 0.5) is 8.78 Å². The van der Waals surface area contributed by atoms with Crippen molar-refractivity contribution < 1.29 is 18.7 Å². The smallest absolute Gasteiger partial charge is 0.167 e. The summed E-state index contributed by atoms with van der Waals surface area (Å²) in [5.74, 6) is -0.761. The van der Waals surface area contributed by atoms with Crippen molar-refractivity contribution in [2.75, 3.05) is 5.75 Å². The fourth-order valence-electron chi connectivity index (χ4n) is 4.11. The van der Waals surface area contributed by atoms with Crippen LogP contribution in [0.25, 0.3) is 5.57 Å². The summed E-state index contributed by atoms with van der Waals surface area (Å²) in [6.07, 6.45) is 0.832. The molecule has 0 spiro atoms. The maximum absolute atomic E-state index is 13.4. The van der Waals surface area contributed by atoms with E-state index < -0.39 is 11.6 Å². The molecule has 29 heavy (non-hydrogen) atoms. The molecule has 0 radical (unpaired) electrons. The zero-order chi connectivity index (χ0) is 21.3. The van der Waals surface area contributed by atoms with Crippen LogP contribution in [0.5, 0.6) is 0 Å². The van der Waals surface area contributed by atoms with Crippen molar-refractivity contribution in [3.63, 3.8) is 0 Å². The molecular weight excluding hydrogens is 390 g/mol. The highest BCUT2D eigenvalue weighted by Crippen LogP contribution is 2.39. The van der Waals surface area contributed by atoms with E-state index in [2.05, 4.69) is 0 Å². The first-order valence-corrected chi connectivity index (χ1v) is 10.8. The second kappa shape index (κ2) is 8.70. The fraction of sp³-hybridized carbons (Fsp3) is 0.375. The molecule has 0 fully saturated rings. The van der Waals surface area contributed by atoms with Crippen LogP contribution in [-0.2, 0) is 4.79 Å². The van der Waals surface area contributed by atoms with Crippen LogP contribution in [0, 0.1) is 44.2 Å². The molecule has 1 aliphatic rings. The molecule has 0 aliphatic heterocycles. The highest BCUT2D eigenvalue weighted by Gasteiger charge is 2.32. The number of carbonyl (C=O) groups excluding carboxylic acids is 1. The molecule has 1 N–H and O–H groups in total. The molecule has 0 aromatic heterocycles. The van der Waals surface area contributed by atoms with Crippen LogP contribution in [0.15, 0.2) is 41.0 Å². The Morgan fingerprint density at radius 2 is 1.72 bits per heavy atom. The summed E-state index contributed by atoms with van der Waals surface area (Å²) in [4.78, 5) is 13.6. The van der Waals surface area contributed by atoms with E-state index >= 15 is 0 Å². The summed E-state index contributed by atoms with van der Waals surface area (Å²) < 4.78 is 26.5. The number of benzene rings is 2. The van der Waals surface area contributed by atoms with Crippen molar-refractivity contribution in [3.05, 3.63) is 70.0 Å². The van der Waals surface area contributed by atoms with Gasteiger partial charge in [-0.05, 0) is 67.5 Å². The summed E-state index contributed by atoms with van der Waals surface area (Å²) in [6, 6.07) is 7.93. The molecule has 0 saturated carbocycles. The average molecular weight is 417 g/mol. The first kappa shape index (κ1) is 21.6. The van der Waals surface area contributed by atoms with E-state index in [1.165, 1.54) is 17.8 Å². The second-order valence-electron chi connectivity index (χ2n) is 8.05. The molecule has 5 heteroatoms. The predicted molar refractivity (Wildman–Crippen MR) is 114 cm³/mol. The largest absolute Gasteiger partial charge is 0.512 e. The topological polar surface area (TPSA) is 37.3 Å². The Kier molecular flexibility index (Phi) is 6.47. The first-order valence-electron chi connectivity index (χ1n) is 9.78. The van der Waals surface area contributed by atoms with E-state index in [4.69, 9.17) is 0 Å². The van der Waals surface area contributed by atoms with Crippen LogP contribution in [0.2, 0.25) is 0 Å². The van der Waals surface area contributed by atoms with Crippen LogP contribution >= 0.6 is 11.8 Å². The number of thioether (sulfide) groups is 1. The van der Waals surface area contributed by atoms with Gasteiger partial charge in [-0.1, -0.05) is 24.6 Å². The lowest BCUT2D eigenvalue weighted by molar-refractivity contribution is -0.115. The summed E-state index contributed by atoms with van der Waals surface area (Å²) in [6.45, 7) is 7.99. The van der Waals surface area contributed by atoms with Crippen molar-refractivity contribution in [2.45, 2.75) is 45.4 Å². The van der Waals surface area contributed by atoms with Gasteiger partial charge in [0, 0.05) is 23.5 Å². The number of Topliss-reactive ketones (excluding diaryl/α,β-unsaturated/α-hetero) is 1. The highest BCUT2D eigenvalue weighted by molar-refractivity contribution is 7.99. The van der Waals surface area contributed by atoms with Gasteiger partial charge in [0.25, 0.3) is 0 Å². The summed E-state index contributed by atoms with van der Waals surface area (Å²) in [5.41, 5.74) is 4.43. The Morgan fingerprint density at radius 1 is 1.07 bits per heavy atom. The van der Waals surface area contributed by atoms with E-state index in [-0.39, 0.29) is 23.4 Å². The molecule has 0 bridgehead atoms. The summed E-state index contributed by atoms with van der Waals surface area (Å²) >= 11 is 1.44. The van der Waals surface area contributed by atoms with Gasteiger partial charge in [-0.25, -0.2) is 8.78 Å². The van der Waals surface area contributed by atoms with Gasteiger partial charge in [-0.3, -0.25) is 4.79 Å². The predicted octanol–water partition coefficient (Wildman–Crippen LogP) is 6.57. The van der Waals surface area contributed by atoms with Crippen LogP contribution in [0.3, 0.4) is 0 Å². The van der Waals surface area contributed by atoms with Crippen molar-refractivity contribution in [3.8, 4) is 0 Å². The monoisotopic (exact) mass is 416 g/mol. The Labute approximate surface area is 175 Å². The van der Waals surface area contributed by atoms with Crippen molar-refractivity contribution in [1.29, 1.82) is 0 Å². The molecule has 2 atom stereocenters. The molecule has 154 valence electrons. The number of carbonyl (C=O) groups is 1. The number of hydrogen-bond donors (Lipinski definition) is 1. The Hall–Kier alpha value is -2.14. The van der Waals surface area contributed by atoms with Gasteiger partial charge >= 0.3 is 0 Å². The number of ketones is 1. The highest BCUT2D eigenvalue weighted by atomic mass is 32.2. The number of aliphatic hydroxyl groups excluding tert-OH is 1. The third-order valence-corrected chi connectivity index (χ3v) is 6.89. The van der Waals surface area contributed by atoms with Crippen molar-refractivity contribution >= 4 is 23.1 Å². The Bertz CT molecular complexity index is 958. The minimum atomic E-state index is -0.857. The second-order valence-corrected chi connectivity index (χ2v) is 9.14. The zero-order valence-corrected chi connectivity index (χ0v) is 18.0. The van der Waals surface area contributed by atoms with Crippen LogP contribution < -0.4 is 0 Å². The lowest BCUT2D eigenvalue weighted by atomic mass is 9.77. The van der Waals surface area contributed by atoms with Crippen LogP contribution in [-0.4, -0.2) is 16.6 Å². The molecule has 0 amide bonds. The Morgan fingerprint density at radius 3 is 2.31 bits per heavy atom. The number of aryl methyl sites for hydroxylation is 3. The van der Waals surface area contributed by atoms with E-state index in [9.17, 15) is 18.7 Å². The lowest BCUT2D eigenvalue weighted by Gasteiger charge is -2.29. The van der Waals surface area contributed by atoms with Gasteiger partial charge in [-0.2, -0.15) is 0 Å². The first-order chi connectivity index (χ1) is 13.7. The standard InChI is InChI=1S/C24H26F2O2S/c1-13-7-14(2)23(15(3)8-13)24-21(27)9-17(10-22(24)28)16(4)12-29-18-5-6-19(25)20(26)11-18/h5-8,11,16-17,27H,9-10,12H2,1-4H3. The SMILES string of the molecule is Cc1cc(C)c(C2=C(O)CC(C(C)CSc3ccc(F)c(F)c3)CC2=O)c(C)c1. The van der Waals surface area contributed by atoms with E-state index in [0.29, 0.717) is 29.1 Å². The molecule has 2 aromatic carbocycles. The molecule has 1 aliphatic carbocycles. The summed E-state index contributed by atoms with van der Waals surface area (Å²) in [5, 5.41) is 10.7. The number of hydrogen-bond acceptors (Lipinski definition) is 3. The van der Waals surface area contributed by atoms with Gasteiger partial charge in [0.1, 0.15) is 5.76 Å². The van der Waals surface area contributed by atoms with E-state index in [1.54, 1.807) is 6.07 Å². The van der Waals surface area contributed by atoms with Gasteiger partial charge in [0.2, 0.25) is 0 Å². The van der Waals surface area contributed by atoms with E-state index in [0.717, 1.165) is 28.3 Å². The number of allylic oxidation sites excluding steroid dienone is 2. The van der Waals surface area contributed by atoms with Gasteiger partial charge in [-0.15, -0.1) is 11.8 Å². The number of rotatable bonds is 5. The molecule has 0 saturated heterocycles. The molecule has 2 unspecified atom stereocenters. The third-order valence-electron chi connectivity index (χ3n) is 5.61. The Balaban J connectivity index is 1.75. The van der Waals surface area contributed by atoms with Crippen LogP contribution in [0.1, 0.15) is 42.0 Å². The molecule has 3 rings (SSSR count). The van der Waals surface area contributed by atoms with Gasteiger partial charge < -0.3 is 5.11 Å². The van der Waals surface area contributed by atoms with Gasteiger partial charge in [0.15, 0.2) is 17.4 Å². The lowest BCUT2D eigenvalue weighted by Crippen LogP contribution is -2.25. The van der Waals surface area contributed by atoms with Crippen molar-refractivity contribution in [1.82, 2.24) is 0 Å². The minimum absolute atomic E-state index is 0.0232. The molecular formula is C24H26F2O2S. The third kappa shape index (κ3) is 4.72. The fourth-order valence-corrected chi connectivity index (χ4v) is 5.19. The maximum Gasteiger partial charge on any atom is 0.167 e. The zero-order valence-electron chi connectivity index (χ0n) is 17.2. The number of aliphatic hydroxyl groups is 1. The maximum atomic E-state index is 13.4.